The summed E-state index contributed by atoms with van der Waals surface area (Å²) in [5, 5.41) is 5.24. The molecule has 2 N–H and O–H groups in total. The van der Waals surface area contributed by atoms with Gasteiger partial charge < -0.3 is 25.2 Å². The van der Waals surface area contributed by atoms with E-state index >= 15 is 0 Å². The summed E-state index contributed by atoms with van der Waals surface area (Å²) in [7, 11) is 1.29. The summed E-state index contributed by atoms with van der Waals surface area (Å²) in [6.45, 7) is 9.02. The Hall–Kier alpha value is -2.28. The van der Waals surface area contributed by atoms with Crippen molar-refractivity contribution >= 4 is 23.4 Å². The van der Waals surface area contributed by atoms with Gasteiger partial charge in [0.05, 0.1) is 7.11 Å². The molecule has 1 saturated heterocycles. The first-order chi connectivity index (χ1) is 11.5. The van der Waals surface area contributed by atoms with Gasteiger partial charge in [0.2, 0.25) is 0 Å². The number of hydrogen-bond acceptors (Lipinski definition) is 5. The summed E-state index contributed by atoms with van der Waals surface area (Å²) in [4.78, 5) is 27.9. The number of nitrogens with zero attached hydrogens (tertiary/aromatic N) is 2. The SMILES string of the molecule is CCN1CCN(c2ccc(NC(=O)NC(C)C(=O)OC)cc2)CC1. The predicted molar refractivity (Wildman–Crippen MR) is 94.4 cm³/mol. The number of urea groups is 1. The van der Waals surface area contributed by atoms with Crippen molar-refractivity contribution < 1.29 is 14.3 Å². The minimum atomic E-state index is -0.691. The Bertz CT molecular complexity index is 553. The van der Waals surface area contributed by atoms with Crippen molar-refractivity contribution in [1.29, 1.82) is 0 Å². The van der Waals surface area contributed by atoms with Gasteiger partial charge in [-0.25, -0.2) is 9.59 Å². The standard InChI is InChI=1S/C17H26N4O3/c1-4-20-9-11-21(12-10-20)15-7-5-14(6-8-15)19-17(23)18-13(2)16(22)24-3/h5-8,13H,4,9-12H2,1-3H3,(H2,18,19,23). The number of anilines is 2. The Balaban J connectivity index is 1.86. The molecule has 0 saturated carbocycles. The molecule has 1 fully saturated rings. The molecule has 0 aliphatic carbocycles. The van der Waals surface area contributed by atoms with E-state index in [4.69, 9.17) is 0 Å². The van der Waals surface area contributed by atoms with Crippen LogP contribution >= 0.6 is 0 Å². The zero-order valence-corrected chi connectivity index (χ0v) is 14.5. The van der Waals surface area contributed by atoms with Gasteiger partial charge in [-0.3, -0.25) is 0 Å². The fraction of sp³-hybridized carbons (Fsp3) is 0.529. The molecule has 7 nitrogen and oxygen atoms in total. The van der Waals surface area contributed by atoms with E-state index in [0.717, 1.165) is 38.4 Å². The molecule has 0 bridgehead atoms. The zero-order chi connectivity index (χ0) is 17.5. The highest BCUT2D eigenvalue weighted by atomic mass is 16.5. The highest BCUT2D eigenvalue weighted by Crippen LogP contribution is 2.19. The van der Waals surface area contributed by atoms with Crippen LogP contribution in [0.2, 0.25) is 0 Å². The number of rotatable bonds is 5. The van der Waals surface area contributed by atoms with Gasteiger partial charge in [0.15, 0.2) is 0 Å². The van der Waals surface area contributed by atoms with Crippen molar-refractivity contribution in [3.63, 3.8) is 0 Å². The smallest absolute Gasteiger partial charge is 0.328 e. The van der Waals surface area contributed by atoms with Crippen LogP contribution in [-0.4, -0.2) is 62.8 Å². The monoisotopic (exact) mass is 334 g/mol. The molecule has 1 aliphatic heterocycles. The third-order valence-corrected chi connectivity index (χ3v) is 4.21. The van der Waals surface area contributed by atoms with Crippen molar-refractivity contribution in [1.82, 2.24) is 10.2 Å². The van der Waals surface area contributed by atoms with Gasteiger partial charge in [0, 0.05) is 37.6 Å². The fourth-order valence-corrected chi connectivity index (χ4v) is 2.68. The van der Waals surface area contributed by atoms with Crippen LogP contribution in [-0.2, 0) is 9.53 Å². The summed E-state index contributed by atoms with van der Waals surface area (Å²) >= 11 is 0. The molecular formula is C17H26N4O3. The number of nitrogens with one attached hydrogen (secondary N) is 2. The second kappa shape index (κ2) is 8.54. The number of benzene rings is 1. The molecular weight excluding hydrogens is 308 g/mol. The van der Waals surface area contributed by atoms with Gasteiger partial charge in [-0.1, -0.05) is 6.92 Å². The number of carbonyl (C=O) groups is 2. The largest absolute Gasteiger partial charge is 0.467 e. The van der Waals surface area contributed by atoms with E-state index in [0.29, 0.717) is 5.69 Å². The summed E-state index contributed by atoms with van der Waals surface area (Å²) in [6, 6.07) is 6.61. The Morgan fingerprint density at radius 3 is 2.33 bits per heavy atom. The summed E-state index contributed by atoms with van der Waals surface area (Å²) < 4.78 is 4.57. The van der Waals surface area contributed by atoms with Crippen molar-refractivity contribution in [3.05, 3.63) is 24.3 Å². The molecule has 24 heavy (non-hydrogen) atoms. The molecule has 1 heterocycles. The van der Waals surface area contributed by atoms with Crippen LogP contribution < -0.4 is 15.5 Å². The Morgan fingerprint density at radius 1 is 1.17 bits per heavy atom. The molecule has 1 aromatic carbocycles. The van der Waals surface area contributed by atoms with E-state index in [-0.39, 0.29) is 0 Å². The van der Waals surface area contributed by atoms with Crippen molar-refractivity contribution in [2.75, 3.05) is 50.1 Å². The minimum absolute atomic E-state index is 0.433. The normalized spacial score (nSPS) is 16.4. The van der Waals surface area contributed by atoms with E-state index in [1.54, 1.807) is 6.92 Å². The minimum Gasteiger partial charge on any atom is -0.467 e. The third kappa shape index (κ3) is 4.86. The van der Waals surface area contributed by atoms with Crippen LogP contribution in [0.1, 0.15) is 13.8 Å². The van der Waals surface area contributed by atoms with Crippen molar-refractivity contribution in [2.45, 2.75) is 19.9 Å². The summed E-state index contributed by atoms with van der Waals surface area (Å²) in [6.07, 6.45) is 0. The Kier molecular flexibility index (Phi) is 6.43. The molecule has 2 amide bonds. The topological polar surface area (TPSA) is 73.9 Å². The van der Waals surface area contributed by atoms with Crippen molar-refractivity contribution in [3.8, 4) is 0 Å². The first-order valence-electron chi connectivity index (χ1n) is 8.26. The molecule has 0 radical (unpaired) electrons. The van der Waals surface area contributed by atoms with Crippen LogP contribution in [0, 0.1) is 0 Å². The lowest BCUT2D eigenvalue weighted by molar-refractivity contribution is -0.142. The predicted octanol–water partition coefficient (Wildman–Crippen LogP) is 1.51. The summed E-state index contributed by atoms with van der Waals surface area (Å²) in [5.74, 6) is -0.480. The lowest BCUT2D eigenvalue weighted by atomic mass is 10.2. The average Bonchev–Trinajstić information content (AvgIpc) is 2.61. The first-order valence-corrected chi connectivity index (χ1v) is 8.26. The molecule has 1 aliphatic rings. The third-order valence-electron chi connectivity index (χ3n) is 4.21. The van der Waals surface area contributed by atoms with Crippen molar-refractivity contribution in [2.24, 2.45) is 0 Å². The Labute approximate surface area is 142 Å². The van der Waals surface area contributed by atoms with Crippen LogP contribution in [0.5, 0.6) is 0 Å². The van der Waals surface area contributed by atoms with E-state index in [9.17, 15) is 9.59 Å². The number of hydrogen-bond donors (Lipinski definition) is 2. The maximum absolute atomic E-state index is 11.9. The zero-order valence-electron chi connectivity index (χ0n) is 14.5. The van der Waals surface area contributed by atoms with E-state index in [1.807, 2.05) is 24.3 Å². The van der Waals surface area contributed by atoms with Crippen LogP contribution in [0.3, 0.4) is 0 Å². The molecule has 1 aromatic rings. The summed E-state index contributed by atoms with van der Waals surface area (Å²) in [5.41, 5.74) is 1.83. The highest BCUT2D eigenvalue weighted by Gasteiger charge is 2.17. The van der Waals surface area contributed by atoms with Gasteiger partial charge in [-0.2, -0.15) is 0 Å². The molecule has 0 aromatic heterocycles. The second-order valence-electron chi connectivity index (χ2n) is 5.81. The number of likely N-dealkylation sites (N-methyl/N-ethyl adjacent to an activating group) is 1. The average molecular weight is 334 g/mol. The molecule has 1 atom stereocenters. The Morgan fingerprint density at radius 2 is 1.79 bits per heavy atom. The molecule has 132 valence electrons. The maximum Gasteiger partial charge on any atom is 0.328 e. The lowest BCUT2D eigenvalue weighted by Gasteiger charge is -2.35. The van der Waals surface area contributed by atoms with E-state index < -0.39 is 18.0 Å². The first kappa shape index (κ1) is 18.1. The van der Waals surface area contributed by atoms with E-state index in [1.165, 1.54) is 7.11 Å². The van der Waals surface area contributed by atoms with Crippen LogP contribution in [0.4, 0.5) is 16.2 Å². The number of carbonyl (C=O) groups excluding carboxylic acids is 2. The number of esters is 1. The molecule has 1 unspecified atom stereocenters. The van der Waals surface area contributed by atoms with Gasteiger partial charge in [-0.15, -0.1) is 0 Å². The number of piperazine rings is 1. The molecule has 7 heteroatoms. The van der Waals surface area contributed by atoms with Gasteiger partial charge >= 0.3 is 12.0 Å². The quantitative estimate of drug-likeness (QED) is 0.799. The lowest BCUT2D eigenvalue weighted by Crippen LogP contribution is -2.46. The van der Waals surface area contributed by atoms with Gasteiger partial charge in [-0.05, 0) is 37.7 Å². The number of ether oxygens (including phenoxy) is 1. The second-order valence-corrected chi connectivity index (χ2v) is 5.81. The van der Waals surface area contributed by atoms with Gasteiger partial charge in [0.1, 0.15) is 6.04 Å². The number of methoxy groups -OCH3 is 1. The number of amides is 2. The van der Waals surface area contributed by atoms with E-state index in [2.05, 4.69) is 32.1 Å². The fourth-order valence-electron chi connectivity index (χ4n) is 2.68. The van der Waals surface area contributed by atoms with Crippen LogP contribution in [0.25, 0.3) is 0 Å². The highest BCUT2D eigenvalue weighted by molar-refractivity contribution is 5.92. The molecule has 2 rings (SSSR count). The maximum atomic E-state index is 11.9. The molecule has 0 spiro atoms. The van der Waals surface area contributed by atoms with Crippen LogP contribution in [0.15, 0.2) is 24.3 Å². The van der Waals surface area contributed by atoms with Gasteiger partial charge in [0.25, 0.3) is 0 Å².